The molecule has 0 aliphatic carbocycles. The van der Waals surface area contributed by atoms with Crippen LogP contribution in [0.25, 0.3) is 0 Å². The van der Waals surface area contributed by atoms with Gasteiger partial charge in [-0.1, -0.05) is 0 Å². The van der Waals surface area contributed by atoms with Crippen LogP contribution in [-0.2, 0) is 16.6 Å². The normalized spacial score (nSPS) is 19.1. The number of carbonyl (C=O) groups is 2. The van der Waals surface area contributed by atoms with Gasteiger partial charge in [0.15, 0.2) is 0 Å². The van der Waals surface area contributed by atoms with Crippen LogP contribution in [0.4, 0.5) is 5.69 Å². The molecule has 0 atom stereocenters. The molecule has 2 aliphatic rings. The van der Waals surface area contributed by atoms with Crippen molar-refractivity contribution in [3.63, 3.8) is 0 Å². The Morgan fingerprint density at radius 3 is 2.08 bits per heavy atom. The quantitative estimate of drug-likeness (QED) is 0.811. The SMILES string of the molecule is Cc1nn(C)c(C)c1NC(=O)CN1CCN(CC(=O)N2CCCC2)CC1. The molecule has 0 spiro atoms. The predicted octanol–water partition coefficient (Wildman–Crippen LogP) is 0.215. The lowest BCUT2D eigenvalue weighted by Crippen LogP contribution is -2.51. The first-order valence-electron chi connectivity index (χ1n) is 9.46. The lowest BCUT2D eigenvalue weighted by atomic mass is 10.3. The number of nitrogens with zero attached hydrogens (tertiary/aromatic N) is 5. The van der Waals surface area contributed by atoms with Crippen molar-refractivity contribution in [1.82, 2.24) is 24.5 Å². The molecule has 1 N–H and O–H groups in total. The van der Waals surface area contributed by atoms with Crippen molar-refractivity contribution >= 4 is 17.5 Å². The highest BCUT2D eigenvalue weighted by Gasteiger charge is 2.24. The van der Waals surface area contributed by atoms with Gasteiger partial charge in [-0.15, -0.1) is 0 Å². The number of aryl methyl sites for hydroxylation is 2. The van der Waals surface area contributed by atoms with Crippen LogP contribution in [0.15, 0.2) is 0 Å². The monoisotopic (exact) mass is 362 g/mol. The number of likely N-dealkylation sites (tertiary alicyclic amines) is 1. The number of nitrogens with one attached hydrogen (secondary N) is 1. The summed E-state index contributed by atoms with van der Waals surface area (Å²) in [5, 5.41) is 7.32. The molecule has 2 saturated heterocycles. The van der Waals surface area contributed by atoms with Crippen LogP contribution in [0.1, 0.15) is 24.2 Å². The number of rotatable bonds is 5. The molecule has 0 aromatic carbocycles. The van der Waals surface area contributed by atoms with E-state index in [1.807, 2.05) is 25.8 Å². The largest absolute Gasteiger partial charge is 0.342 e. The molecule has 1 aromatic heterocycles. The summed E-state index contributed by atoms with van der Waals surface area (Å²) < 4.78 is 1.78. The summed E-state index contributed by atoms with van der Waals surface area (Å²) >= 11 is 0. The average Bonchev–Trinajstić information content (AvgIpc) is 3.22. The molecule has 8 nitrogen and oxygen atoms in total. The van der Waals surface area contributed by atoms with Crippen molar-refractivity contribution in [2.24, 2.45) is 7.05 Å². The molecule has 0 unspecified atom stereocenters. The van der Waals surface area contributed by atoms with Crippen molar-refractivity contribution in [2.75, 3.05) is 57.7 Å². The highest BCUT2D eigenvalue weighted by atomic mass is 16.2. The Labute approximate surface area is 155 Å². The molecule has 0 radical (unpaired) electrons. The molecule has 3 heterocycles. The number of amides is 2. The van der Waals surface area contributed by atoms with Gasteiger partial charge in [0.25, 0.3) is 0 Å². The van der Waals surface area contributed by atoms with Gasteiger partial charge < -0.3 is 10.2 Å². The Bertz CT molecular complexity index is 657. The summed E-state index contributed by atoms with van der Waals surface area (Å²) in [6.45, 7) is 9.84. The predicted molar refractivity (Wildman–Crippen MR) is 100 cm³/mol. The van der Waals surface area contributed by atoms with Crippen LogP contribution < -0.4 is 5.32 Å². The molecule has 0 saturated carbocycles. The molecule has 2 amide bonds. The molecular weight excluding hydrogens is 332 g/mol. The van der Waals surface area contributed by atoms with Gasteiger partial charge in [-0.3, -0.25) is 24.1 Å². The van der Waals surface area contributed by atoms with Crippen molar-refractivity contribution in [3.8, 4) is 0 Å². The second-order valence-corrected chi connectivity index (χ2v) is 7.36. The third kappa shape index (κ3) is 4.42. The van der Waals surface area contributed by atoms with E-state index in [-0.39, 0.29) is 11.8 Å². The number of anilines is 1. The topological polar surface area (TPSA) is 73.7 Å². The lowest BCUT2D eigenvalue weighted by molar-refractivity contribution is -0.132. The Morgan fingerprint density at radius 2 is 1.54 bits per heavy atom. The molecule has 26 heavy (non-hydrogen) atoms. The van der Waals surface area contributed by atoms with Gasteiger partial charge in [0.1, 0.15) is 0 Å². The molecule has 2 fully saturated rings. The van der Waals surface area contributed by atoms with Crippen molar-refractivity contribution in [3.05, 3.63) is 11.4 Å². The van der Waals surface area contributed by atoms with Crippen LogP contribution in [0, 0.1) is 13.8 Å². The maximum absolute atomic E-state index is 12.4. The minimum Gasteiger partial charge on any atom is -0.342 e. The number of hydrogen-bond acceptors (Lipinski definition) is 5. The first-order valence-corrected chi connectivity index (χ1v) is 9.46. The van der Waals surface area contributed by atoms with Crippen LogP contribution in [0.3, 0.4) is 0 Å². The van der Waals surface area contributed by atoms with Crippen LogP contribution in [0.5, 0.6) is 0 Å². The fourth-order valence-corrected chi connectivity index (χ4v) is 3.70. The molecule has 0 bridgehead atoms. The van der Waals surface area contributed by atoms with Gasteiger partial charge in [0.2, 0.25) is 11.8 Å². The molecule has 2 aliphatic heterocycles. The Balaban J connectivity index is 1.42. The third-order valence-corrected chi connectivity index (χ3v) is 5.42. The smallest absolute Gasteiger partial charge is 0.238 e. The summed E-state index contributed by atoms with van der Waals surface area (Å²) in [6, 6.07) is 0. The van der Waals surface area contributed by atoms with Gasteiger partial charge in [-0.05, 0) is 26.7 Å². The highest BCUT2D eigenvalue weighted by Crippen LogP contribution is 2.18. The van der Waals surface area contributed by atoms with Crippen LogP contribution >= 0.6 is 0 Å². The first kappa shape index (κ1) is 18.8. The van der Waals surface area contributed by atoms with E-state index in [9.17, 15) is 9.59 Å². The van der Waals surface area contributed by atoms with Gasteiger partial charge in [0.05, 0.1) is 30.2 Å². The zero-order valence-corrected chi connectivity index (χ0v) is 16.1. The Hall–Kier alpha value is -1.93. The maximum atomic E-state index is 12.4. The zero-order valence-electron chi connectivity index (χ0n) is 16.1. The van der Waals surface area contributed by atoms with Crippen molar-refractivity contribution in [1.29, 1.82) is 0 Å². The third-order valence-electron chi connectivity index (χ3n) is 5.42. The number of carbonyl (C=O) groups excluding carboxylic acids is 2. The molecule has 3 rings (SSSR count). The van der Waals surface area contributed by atoms with E-state index >= 15 is 0 Å². The summed E-state index contributed by atoms with van der Waals surface area (Å²) in [5.41, 5.74) is 2.61. The van der Waals surface area contributed by atoms with E-state index in [1.165, 1.54) is 0 Å². The van der Waals surface area contributed by atoms with E-state index in [2.05, 4.69) is 20.2 Å². The maximum Gasteiger partial charge on any atom is 0.238 e. The first-order chi connectivity index (χ1) is 12.4. The van der Waals surface area contributed by atoms with Gasteiger partial charge in [0, 0.05) is 46.3 Å². The van der Waals surface area contributed by atoms with Gasteiger partial charge in [-0.2, -0.15) is 5.10 Å². The van der Waals surface area contributed by atoms with Crippen molar-refractivity contribution in [2.45, 2.75) is 26.7 Å². The molecular formula is C18H30N6O2. The number of hydrogen-bond donors (Lipinski definition) is 1. The molecule has 144 valence electrons. The van der Waals surface area contributed by atoms with Gasteiger partial charge in [-0.25, -0.2) is 0 Å². The second kappa shape index (κ2) is 8.18. The van der Waals surface area contributed by atoms with E-state index in [1.54, 1.807) is 4.68 Å². The summed E-state index contributed by atoms with van der Waals surface area (Å²) in [5.74, 6) is 0.238. The van der Waals surface area contributed by atoms with Crippen LogP contribution in [-0.4, -0.2) is 88.7 Å². The van der Waals surface area contributed by atoms with E-state index in [0.717, 1.165) is 69.2 Å². The Kier molecular flexibility index (Phi) is 5.93. The number of aromatic nitrogens is 2. The summed E-state index contributed by atoms with van der Waals surface area (Å²) in [6.07, 6.45) is 2.26. The van der Waals surface area contributed by atoms with E-state index in [4.69, 9.17) is 0 Å². The van der Waals surface area contributed by atoms with E-state index < -0.39 is 0 Å². The summed E-state index contributed by atoms with van der Waals surface area (Å²) in [4.78, 5) is 30.9. The average molecular weight is 362 g/mol. The fourth-order valence-electron chi connectivity index (χ4n) is 3.70. The zero-order chi connectivity index (χ0) is 18.7. The minimum absolute atomic E-state index is 0.00852. The number of piperazine rings is 1. The van der Waals surface area contributed by atoms with E-state index in [0.29, 0.717) is 13.1 Å². The Morgan fingerprint density at radius 1 is 0.962 bits per heavy atom. The highest BCUT2D eigenvalue weighted by molar-refractivity contribution is 5.93. The summed E-state index contributed by atoms with van der Waals surface area (Å²) in [7, 11) is 1.88. The minimum atomic E-state index is -0.00852. The van der Waals surface area contributed by atoms with Gasteiger partial charge >= 0.3 is 0 Å². The lowest BCUT2D eigenvalue weighted by Gasteiger charge is -2.34. The molecule has 1 aromatic rings. The standard InChI is InChI=1S/C18H30N6O2/c1-14-18(15(2)21(3)20-14)19-16(25)12-22-8-10-23(11-9-22)13-17(26)24-6-4-5-7-24/h4-13H2,1-3H3,(H,19,25). The van der Waals surface area contributed by atoms with Crippen molar-refractivity contribution < 1.29 is 9.59 Å². The second-order valence-electron chi connectivity index (χ2n) is 7.36. The molecule has 8 heteroatoms. The fraction of sp³-hybridized carbons (Fsp3) is 0.722. The van der Waals surface area contributed by atoms with Crippen LogP contribution in [0.2, 0.25) is 0 Å².